The summed E-state index contributed by atoms with van der Waals surface area (Å²) in [6.07, 6.45) is 3.20. The Bertz CT molecular complexity index is 960. The number of ether oxygens (including phenoxy) is 1. The van der Waals surface area contributed by atoms with Crippen molar-refractivity contribution in [3.63, 3.8) is 0 Å². The van der Waals surface area contributed by atoms with Crippen molar-refractivity contribution in [3.8, 4) is 5.75 Å². The molecule has 4 rings (SSSR count). The minimum absolute atomic E-state index is 0.137. The van der Waals surface area contributed by atoms with E-state index >= 15 is 0 Å². The number of allylic oxidation sites excluding steroid dienone is 2. The van der Waals surface area contributed by atoms with Crippen LogP contribution in [-0.2, 0) is 16.1 Å². The van der Waals surface area contributed by atoms with Gasteiger partial charge in [-0.2, -0.15) is 0 Å². The number of rotatable bonds is 7. The van der Waals surface area contributed by atoms with Crippen LogP contribution >= 0.6 is 0 Å². The highest BCUT2D eigenvalue weighted by Crippen LogP contribution is 2.36. The average Bonchev–Trinajstić information content (AvgIpc) is 3.33. The molecule has 2 unspecified atom stereocenters. The second-order valence-corrected chi connectivity index (χ2v) is 8.36. The molecule has 2 atom stereocenters. The maximum atomic E-state index is 13.7. The van der Waals surface area contributed by atoms with E-state index in [1.54, 1.807) is 37.3 Å². The Kier molecular flexibility index (Phi) is 6.77. The van der Waals surface area contributed by atoms with Gasteiger partial charge in [-0.1, -0.05) is 19.1 Å². The van der Waals surface area contributed by atoms with E-state index in [-0.39, 0.29) is 17.7 Å². The molecule has 7 nitrogen and oxygen atoms in total. The molecular formula is C25H31N3O4. The third-order valence-electron chi connectivity index (χ3n) is 6.53. The smallest absolute Gasteiger partial charge is 0.240 e. The lowest BCUT2D eigenvalue weighted by molar-refractivity contribution is -0.144. The zero-order valence-electron chi connectivity index (χ0n) is 19.0. The summed E-state index contributed by atoms with van der Waals surface area (Å²) in [5.41, 5.74) is 1.60. The van der Waals surface area contributed by atoms with Crippen molar-refractivity contribution in [1.29, 1.82) is 0 Å². The number of hydrogen-bond donors (Lipinski definition) is 0. The Morgan fingerprint density at radius 2 is 1.81 bits per heavy atom. The molecule has 0 N–H and O–H groups in total. The van der Waals surface area contributed by atoms with Crippen LogP contribution in [0.3, 0.4) is 0 Å². The molecular weight excluding hydrogens is 406 g/mol. The number of carbonyl (C=O) groups excluding carboxylic acids is 2. The average molecular weight is 438 g/mol. The van der Waals surface area contributed by atoms with Gasteiger partial charge in [0.25, 0.3) is 0 Å². The van der Waals surface area contributed by atoms with Crippen LogP contribution in [0.15, 0.2) is 58.9 Å². The molecule has 2 aliphatic rings. The van der Waals surface area contributed by atoms with E-state index in [9.17, 15) is 9.59 Å². The third-order valence-corrected chi connectivity index (χ3v) is 6.53. The highest BCUT2D eigenvalue weighted by molar-refractivity contribution is 6.10. The number of carbonyl (C=O) groups is 2. The highest BCUT2D eigenvalue weighted by atomic mass is 16.5. The lowest BCUT2D eigenvalue weighted by atomic mass is 9.84. The lowest BCUT2D eigenvalue weighted by Gasteiger charge is -2.43. The summed E-state index contributed by atoms with van der Waals surface area (Å²) in [7, 11) is 1.63. The quantitative estimate of drug-likeness (QED) is 0.620. The van der Waals surface area contributed by atoms with Crippen molar-refractivity contribution in [2.24, 2.45) is 5.92 Å². The topological polar surface area (TPSA) is 66.2 Å². The summed E-state index contributed by atoms with van der Waals surface area (Å²) in [5, 5.41) is 0. The Hall–Kier alpha value is -2.90. The summed E-state index contributed by atoms with van der Waals surface area (Å²) in [6.45, 7) is 8.73. The Morgan fingerprint density at radius 1 is 1.09 bits per heavy atom. The number of furan rings is 1. The minimum atomic E-state index is -0.796. The fourth-order valence-corrected chi connectivity index (χ4v) is 4.66. The molecule has 0 spiro atoms. The van der Waals surface area contributed by atoms with E-state index in [4.69, 9.17) is 9.15 Å². The van der Waals surface area contributed by atoms with Crippen LogP contribution in [0, 0.1) is 5.92 Å². The molecule has 2 aliphatic heterocycles. The first-order valence-electron chi connectivity index (χ1n) is 11.2. The fraction of sp³-hybridized carbons (Fsp3) is 0.440. The molecule has 2 aromatic rings. The van der Waals surface area contributed by atoms with Crippen LogP contribution in [-0.4, -0.2) is 66.2 Å². The number of likely N-dealkylation sites (N-methyl/N-ethyl adjacent to an activating group) is 1. The molecule has 170 valence electrons. The monoisotopic (exact) mass is 437 g/mol. The van der Waals surface area contributed by atoms with Gasteiger partial charge in [-0.05, 0) is 43.3 Å². The first-order chi connectivity index (χ1) is 15.5. The molecule has 0 radical (unpaired) electrons. The second kappa shape index (κ2) is 9.71. The zero-order chi connectivity index (χ0) is 22.7. The number of ketones is 1. The number of piperazine rings is 1. The number of hydrogen-bond acceptors (Lipinski definition) is 6. The SMILES string of the molecule is CCN1CCN(C(c2ccc(OC)cc2)C2C(=O)C=C(C)N(Cc3ccco3)C2=O)CC1. The molecule has 1 aromatic carbocycles. The summed E-state index contributed by atoms with van der Waals surface area (Å²) in [5.74, 6) is 0.332. The van der Waals surface area contributed by atoms with Crippen molar-refractivity contribution >= 4 is 11.7 Å². The van der Waals surface area contributed by atoms with Gasteiger partial charge in [-0.25, -0.2) is 0 Å². The molecule has 32 heavy (non-hydrogen) atoms. The van der Waals surface area contributed by atoms with E-state index in [0.29, 0.717) is 18.0 Å². The van der Waals surface area contributed by atoms with Gasteiger partial charge in [0.1, 0.15) is 17.4 Å². The predicted octanol–water partition coefficient (Wildman–Crippen LogP) is 3.10. The van der Waals surface area contributed by atoms with Gasteiger partial charge < -0.3 is 19.0 Å². The van der Waals surface area contributed by atoms with Crippen LogP contribution in [0.2, 0.25) is 0 Å². The summed E-state index contributed by atoms with van der Waals surface area (Å²) < 4.78 is 10.8. The maximum Gasteiger partial charge on any atom is 0.240 e. The lowest BCUT2D eigenvalue weighted by Crippen LogP contribution is -2.53. The molecule has 3 heterocycles. The second-order valence-electron chi connectivity index (χ2n) is 8.36. The summed E-state index contributed by atoms with van der Waals surface area (Å²) in [4.78, 5) is 33.3. The predicted molar refractivity (Wildman–Crippen MR) is 121 cm³/mol. The van der Waals surface area contributed by atoms with Crippen LogP contribution in [0.1, 0.15) is 31.2 Å². The molecule has 1 amide bonds. The van der Waals surface area contributed by atoms with Gasteiger partial charge in [-0.3, -0.25) is 14.5 Å². The van der Waals surface area contributed by atoms with Crippen molar-refractivity contribution in [3.05, 3.63) is 65.8 Å². The van der Waals surface area contributed by atoms with Crippen molar-refractivity contribution in [2.45, 2.75) is 26.4 Å². The van der Waals surface area contributed by atoms with Crippen LogP contribution < -0.4 is 4.74 Å². The summed E-state index contributed by atoms with van der Waals surface area (Å²) >= 11 is 0. The standard InChI is InChI=1S/C25H31N3O4/c1-4-26-11-13-27(14-12-26)24(19-7-9-20(31-3)10-8-19)23-22(29)16-18(2)28(25(23)30)17-21-6-5-15-32-21/h5-10,15-16,23-24H,4,11-14,17H2,1-3H3. The number of nitrogens with zero attached hydrogens (tertiary/aromatic N) is 3. The first kappa shape index (κ1) is 22.3. The Morgan fingerprint density at radius 3 is 2.41 bits per heavy atom. The van der Waals surface area contributed by atoms with Crippen LogP contribution in [0.25, 0.3) is 0 Å². The fourth-order valence-electron chi connectivity index (χ4n) is 4.66. The van der Waals surface area contributed by atoms with Crippen LogP contribution in [0.5, 0.6) is 5.75 Å². The summed E-state index contributed by atoms with van der Waals surface area (Å²) in [6, 6.07) is 11.0. The normalized spacial score (nSPS) is 21.5. The molecule has 0 saturated carbocycles. The van der Waals surface area contributed by atoms with Crippen LogP contribution in [0.4, 0.5) is 0 Å². The van der Waals surface area contributed by atoms with E-state index in [1.165, 1.54) is 0 Å². The van der Waals surface area contributed by atoms with Crippen molar-refractivity contribution in [1.82, 2.24) is 14.7 Å². The van der Waals surface area contributed by atoms with Gasteiger partial charge >= 0.3 is 0 Å². The van der Waals surface area contributed by atoms with Gasteiger partial charge in [0.2, 0.25) is 5.91 Å². The Labute approximate surface area is 189 Å². The molecule has 7 heteroatoms. The van der Waals surface area contributed by atoms with Gasteiger partial charge in [-0.15, -0.1) is 0 Å². The maximum absolute atomic E-state index is 13.7. The highest BCUT2D eigenvalue weighted by Gasteiger charge is 2.44. The Balaban J connectivity index is 1.68. The number of methoxy groups -OCH3 is 1. The van der Waals surface area contributed by atoms with E-state index in [2.05, 4.69) is 16.7 Å². The van der Waals surface area contributed by atoms with E-state index in [1.807, 2.05) is 30.3 Å². The zero-order valence-corrected chi connectivity index (χ0v) is 19.0. The van der Waals surface area contributed by atoms with E-state index < -0.39 is 5.92 Å². The molecule has 1 fully saturated rings. The van der Waals surface area contributed by atoms with Gasteiger partial charge in [0.05, 0.1) is 26.0 Å². The minimum Gasteiger partial charge on any atom is -0.497 e. The molecule has 1 saturated heterocycles. The third kappa shape index (κ3) is 4.49. The number of benzene rings is 1. The van der Waals surface area contributed by atoms with Gasteiger partial charge in [0.15, 0.2) is 5.78 Å². The van der Waals surface area contributed by atoms with Crippen molar-refractivity contribution < 1.29 is 18.7 Å². The number of amides is 1. The largest absolute Gasteiger partial charge is 0.497 e. The molecule has 1 aromatic heterocycles. The first-order valence-corrected chi connectivity index (χ1v) is 11.2. The van der Waals surface area contributed by atoms with Gasteiger partial charge in [0, 0.05) is 38.0 Å². The molecule has 0 aliphatic carbocycles. The van der Waals surface area contributed by atoms with Crippen molar-refractivity contribution in [2.75, 3.05) is 39.8 Å². The van der Waals surface area contributed by atoms with E-state index in [0.717, 1.165) is 44.0 Å². The molecule has 0 bridgehead atoms.